The summed E-state index contributed by atoms with van der Waals surface area (Å²) in [7, 11) is 0. The highest BCUT2D eigenvalue weighted by Gasteiger charge is 2.09. The van der Waals surface area contributed by atoms with E-state index in [-0.39, 0.29) is 6.42 Å². The Hall–Kier alpha value is -1.45. The molecular weight excluding hydrogens is 136 g/mol. The molecule has 0 aliphatic heterocycles. The summed E-state index contributed by atoms with van der Waals surface area (Å²) in [6, 6.07) is 0. The van der Waals surface area contributed by atoms with Gasteiger partial charge in [0.15, 0.2) is 0 Å². The van der Waals surface area contributed by atoms with Gasteiger partial charge in [0, 0.05) is 6.42 Å². The van der Waals surface area contributed by atoms with Crippen LogP contribution in [0.1, 0.15) is 6.42 Å². The van der Waals surface area contributed by atoms with Crippen molar-refractivity contribution in [2.24, 2.45) is 0 Å². The molecule has 4 heteroatoms. The van der Waals surface area contributed by atoms with Crippen molar-refractivity contribution in [2.45, 2.75) is 6.42 Å². The van der Waals surface area contributed by atoms with Crippen LogP contribution in [-0.2, 0) is 4.79 Å². The zero-order chi connectivity index (χ0) is 8.15. The molecule has 0 aromatic heterocycles. The Morgan fingerprint density at radius 3 is 2.20 bits per heavy atom. The molecule has 0 aliphatic carbocycles. The van der Waals surface area contributed by atoms with Gasteiger partial charge in [-0.25, -0.2) is 4.79 Å². The third kappa shape index (κ3) is 2.21. The van der Waals surface area contributed by atoms with Gasteiger partial charge in [0.1, 0.15) is 5.76 Å². The smallest absolute Gasteiger partial charge is 0.374 e. The van der Waals surface area contributed by atoms with Crippen molar-refractivity contribution in [1.82, 2.24) is 0 Å². The highest BCUT2D eigenvalue weighted by molar-refractivity contribution is 5.84. The molecule has 0 aromatic rings. The van der Waals surface area contributed by atoms with Crippen molar-refractivity contribution in [3.63, 3.8) is 0 Å². The minimum absolute atomic E-state index is 0.0435. The van der Waals surface area contributed by atoms with E-state index in [1.54, 1.807) is 0 Å². The zero-order valence-corrected chi connectivity index (χ0v) is 5.24. The van der Waals surface area contributed by atoms with Gasteiger partial charge >= 0.3 is 5.97 Å². The molecule has 0 saturated heterocycles. The normalized spacial score (nSPS) is 12.0. The van der Waals surface area contributed by atoms with E-state index in [0.717, 1.165) is 0 Å². The molecule has 0 radical (unpaired) electrons. The Kier molecular flexibility index (Phi) is 3.04. The molecule has 10 heavy (non-hydrogen) atoms. The Morgan fingerprint density at radius 1 is 1.40 bits per heavy atom. The fraction of sp³-hybridized carbons (Fsp3) is 0.167. The van der Waals surface area contributed by atoms with Crippen molar-refractivity contribution < 1.29 is 20.1 Å². The Labute approximate surface area is 57.7 Å². The monoisotopic (exact) mass is 144 g/mol. The van der Waals surface area contributed by atoms with Gasteiger partial charge in [0.05, 0.1) is 0 Å². The number of carboxylic acid groups (broad SMARTS) is 1. The maximum absolute atomic E-state index is 9.91. The molecule has 0 atom stereocenters. The van der Waals surface area contributed by atoms with E-state index in [2.05, 4.69) is 6.58 Å². The molecule has 0 saturated carbocycles. The summed E-state index contributed by atoms with van der Waals surface area (Å²) in [5, 5.41) is 25.3. The van der Waals surface area contributed by atoms with Gasteiger partial charge in [0.25, 0.3) is 0 Å². The van der Waals surface area contributed by atoms with Crippen LogP contribution in [-0.4, -0.2) is 21.3 Å². The van der Waals surface area contributed by atoms with Gasteiger partial charge in [-0.05, 0) is 0 Å². The largest absolute Gasteiger partial charge is 0.508 e. The van der Waals surface area contributed by atoms with Gasteiger partial charge < -0.3 is 15.3 Å². The van der Waals surface area contributed by atoms with E-state index < -0.39 is 17.5 Å². The van der Waals surface area contributed by atoms with Crippen LogP contribution in [0.4, 0.5) is 0 Å². The van der Waals surface area contributed by atoms with E-state index >= 15 is 0 Å². The molecule has 0 rings (SSSR count). The fourth-order valence-corrected chi connectivity index (χ4v) is 0.357. The summed E-state index contributed by atoms with van der Waals surface area (Å²) in [6.07, 6.45) is 1.24. The number of carbonyl (C=O) groups is 1. The minimum atomic E-state index is -1.54. The third-order valence-corrected chi connectivity index (χ3v) is 0.814. The molecule has 0 heterocycles. The molecule has 3 N–H and O–H groups in total. The van der Waals surface area contributed by atoms with E-state index in [1.807, 2.05) is 0 Å². The van der Waals surface area contributed by atoms with Crippen LogP contribution in [0.2, 0.25) is 0 Å². The summed E-state index contributed by atoms with van der Waals surface area (Å²) >= 11 is 0. The van der Waals surface area contributed by atoms with E-state index in [9.17, 15) is 4.79 Å². The molecule has 0 bridgehead atoms. The number of hydrogen-bond donors (Lipinski definition) is 3. The first-order valence-electron chi connectivity index (χ1n) is 2.54. The minimum Gasteiger partial charge on any atom is -0.508 e. The number of aliphatic carboxylic acids is 1. The predicted octanol–water partition coefficient (Wildman–Crippen LogP) is 0.975. The van der Waals surface area contributed by atoms with Gasteiger partial charge in [-0.15, -0.1) is 6.58 Å². The Bertz CT molecular complexity index is 180. The lowest BCUT2D eigenvalue weighted by molar-refractivity contribution is -0.135. The van der Waals surface area contributed by atoms with Gasteiger partial charge in [-0.2, -0.15) is 0 Å². The number of allylic oxidation sites excluding steroid dienone is 1. The van der Waals surface area contributed by atoms with Crippen LogP contribution in [0, 0.1) is 0 Å². The SMILES string of the molecule is C=CC/C(O)=C(/O)C(=O)O. The molecule has 4 nitrogen and oxygen atoms in total. The zero-order valence-electron chi connectivity index (χ0n) is 5.24. The molecule has 0 spiro atoms. The number of hydrogen-bond acceptors (Lipinski definition) is 3. The molecular formula is C6H8O4. The van der Waals surface area contributed by atoms with Crippen molar-refractivity contribution >= 4 is 5.97 Å². The lowest BCUT2D eigenvalue weighted by atomic mass is 10.3. The summed E-state index contributed by atoms with van der Waals surface area (Å²) in [5.41, 5.74) is 0. The van der Waals surface area contributed by atoms with Gasteiger partial charge in [0.2, 0.25) is 5.76 Å². The number of aliphatic hydroxyl groups excluding tert-OH is 2. The van der Waals surface area contributed by atoms with Crippen LogP contribution in [0.15, 0.2) is 24.2 Å². The molecule has 0 fully saturated rings. The molecule has 0 aliphatic rings. The van der Waals surface area contributed by atoms with Crippen LogP contribution in [0.3, 0.4) is 0 Å². The highest BCUT2D eigenvalue weighted by atomic mass is 16.4. The quantitative estimate of drug-likeness (QED) is 0.313. The number of aliphatic hydroxyl groups is 2. The number of rotatable bonds is 3. The van der Waals surface area contributed by atoms with Crippen molar-refractivity contribution in [3.8, 4) is 0 Å². The topological polar surface area (TPSA) is 77.8 Å². The van der Waals surface area contributed by atoms with Crippen LogP contribution >= 0.6 is 0 Å². The van der Waals surface area contributed by atoms with E-state index in [0.29, 0.717) is 0 Å². The third-order valence-electron chi connectivity index (χ3n) is 0.814. The first kappa shape index (κ1) is 8.55. The fourth-order valence-electron chi connectivity index (χ4n) is 0.357. The second kappa shape index (κ2) is 3.55. The standard InChI is InChI=1S/C6H8O4/c1-2-3-4(7)5(8)6(9)10/h2,7-8H,1,3H2,(H,9,10)/b5-4-. The Balaban J connectivity index is 4.33. The first-order valence-corrected chi connectivity index (χ1v) is 2.54. The average molecular weight is 144 g/mol. The van der Waals surface area contributed by atoms with Crippen molar-refractivity contribution in [1.29, 1.82) is 0 Å². The number of carboxylic acids is 1. The summed E-state index contributed by atoms with van der Waals surface area (Å²) in [5.74, 6) is -3.15. The lowest BCUT2D eigenvalue weighted by Crippen LogP contribution is -2.02. The molecule has 56 valence electrons. The second-order valence-corrected chi connectivity index (χ2v) is 1.59. The maximum atomic E-state index is 9.91. The molecule has 0 unspecified atom stereocenters. The van der Waals surface area contributed by atoms with Gasteiger partial charge in [-0.1, -0.05) is 6.08 Å². The maximum Gasteiger partial charge on any atom is 0.374 e. The van der Waals surface area contributed by atoms with E-state index in [4.69, 9.17) is 15.3 Å². The van der Waals surface area contributed by atoms with Gasteiger partial charge in [-0.3, -0.25) is 0 Å². The second-order valence-electron chi connectivity index (χ2n) is 1.59. The van der Waals surface area contributed by atoms with Crippen molar-refractivity contribution in [2.75, 3.05) is 0 Å². The summed E-state index contributed by atoms with van der Waals surface area (Å²) in [6.45, 7) is 3.24. The Morgan fingerprint density at radius 2 is 1.90 bits per heavy atom. The van der Waals surface area contributed by atoms with E-state index in [1.165, 1.54) is 6.08 Å². The summed E-state index contributed by atoms with van der Waals surface area (Å²) < 4.78 is 0. The first-order chi connectivity index (χ1) is 4.59. The molecule has 0 amide bonds. The molecule has 0 aromatic carbocycles. The summed E-state index contributed by atoms with van der Waals surface area (Å²) in [4.78, 5) is 9.91. The van der Waals surface area contributed by atoms with Crippen LogP contribution < -0.4 is 0 Å². The average Bonchev–Trinajstić information content (AvgIpc) is 1.87. The van der Waals surface area contributed by atoms with Crippen molar-refractivity contribution in [3.05, 3.63) is 24.2 Å². The lowest BCUT2D eigenvalue weighted by Gasteiger charge is -1.95. The predicted molar refractivity (Wildman–Crippen MR) is 34.7 cm³/mol. The highest BCUT2D eigenvalue weighted by Crippen LogP contribution is 2.02. The van der Waals surface area contributed by atoms with Crippen LogP contribution in [0.25, 0.3) is 0 Å². The van der Waals surface area contributed by atoms with Crippen LogP contribution in [0.5, 0.6) is 0 Å².